The highest BCUT2D eigenvalue weighted by molar-refractivity contribution is 5.89. The van der Waals surface area contributed by atoms with E-state index in [1.54, 1.807) is 12.1 Å². The van der Waals surface area contributed by atoms with Gasteiger partial charge in [-0.25, -0.2) is 9.18 Å². The number of urea groups is 1. The molecule has 0 spiro atoms. The van der Waals surface area contributed by atoms with E-state index in [0.29, 0.717) is 25.6 Å². The van der Waals surface area contributed by atoms with E-state index in [0.717, 1.165) is 29.8 Å². The molecule has 0 aliphatic heterocycles. The zero-order valence-electron chi connectivity index (χ0n) is 18.6. The first kappa shape index (κ1) is 22.6. The molecule has 0 atom stereocenters. The van der Waals surface area contributed by atoms with Crippen molar-refractivity contribution in [2.24, 2.45) is 0 Å². The molecule has 0 aliphatic rings. The van der Waals surface area contributed by atoms with Gasteiger partial charge in [0.2, 0.25) is 0 Å². The van der Waals surface area contributed by atoms with Crippen molar-refractivity contribution in [1.82, 2.24) is 9.47 Å². The lowest BCUT2D eigenvalue weighted by molar-refractivity contribution is 0.207. The molecular weight excluding hydrogens is 389 g/mol. The highest BCUT2D eigenvalue weighted by atomic mass is 19.1. The van der Waals surface area contributed by atoms with Gasteiger partial charge < -0.3 is 14.8 Å². The minimum atomic E-state index is -0.237. The summed E-state index contributed by atoms with van der Waals surface area (Å²) in [5.41, 5.74) is 3.96. The predicted octanol–water partition coefficient (Wildman–Crippen LogP) is 6.63. The molecule has 0 unspecified atom stereocenters. The standard InChI is InChI=1S/C26H32FN3O/c1-4-5-15-30(26(31)28-24-13-11-22(12-14-24)20(2)3)19-25-10-7-16-29(25)18-21-8-6-9-23(27)17-21/h6-14,16-17,20H,4-5,15,18-19H2,1-3H3,(H,28,31). The Morgan fingerprint density at radius 1 is 1.10 bits per heavy atom. The normalized spacial score (nSPS) is 11.0. The number of carbonyl (C=O) groups is 1. The van der Waals surface area contributed by atoms with Crippen molar-refractivity contribution < 1.29 is 9.18 Å². The molecule has 1 heterocycles. The summed E-state index contributed by atoms with van der Waals surface area (Å²) in [6.07, 6.45) is 3.92. The van der Waals surface area contributed by atoms with Gasteiger partial charge in [-0.2, -0.15) is 0 Å². The van der Waals surface area contributed by atoms with Crippen LogP contribution in [0.1, 0.15) is 56.4 Å². The van der Waals surface area contributed by atoms with Crippen LogP contribution in [0.15, 0.2) is 66.9 Å². The van der Waals surface area contributed by atoms with E-state index in [4.69, 9.17) is 0 Å². The molecule has 0 saturated heterocycles. The number of unbranched alkanes of at least 4 members (excludes halogenated alkanes) is 1. The van der Waals surface area contributed by atoms with Crippen LogP contribution in [-0.4, -0.2) is 22.0 Å². The molecule has 3 rings (SSSR count). The molecule has 3 aromatic rings. The summed E-state index contributed by atoms with van der Waals surface area (Å²) in [5, 5.41) is 3.03. The Bertz CT molecular complexity index is 978. The quantitative estimate of drug-likeness (QED) is 0.413. The lowest BCUT2D eigenvalue weighted by Gasteiger charge is -2.24. The Hall–Kier alpha value is -3.08. The third kappa shape index (κ3) is 6.45. The molecule has 164 valence electrons. The van der Waals surface area contributed by atoms with Crippen LogP contribution in [-0.2, 0) is 13.1 Å². The van der Waals surface area contributed by atoms with Crippen LogP contribution >= 0.6 is 0 Å². The van der Waals surface area contributed by atoms with E-state index in [2.05, 4.69) is 42.8 Å². The van der Waals surface area contributed by atoms with Crippen molar-refractivity contribution in [2.75, 3.05) is 11.9 Å². The summed E-state index contributed by atoms with van der Waals surface area (Å²) < 4.78 is 15.6. The van der Waals surface area contributed by atoms with Crippen molar-refractivity contribution >= 4 is 11.7 Å². The SMILES string of the molecule is CCCCN(Cc1cccn1Cc1cccc(F)c1)C(=O)Nc1ccc(C(C)C)cc1. The first-order valence-corrected chi connectivity index (χ1v) is 11.0. The maximum Gasteiger partial charge on any atom is 0.322 e. The first-order chi connectivity index (χ1) is 15.0. The fourth-order valence-corrected chi connectivity index (χ4v) is 3.53. The van der Waals surface area contributed by atoms with E-state index in [-0.39, 0.29) is 11.8 Å². The largest absolute Gasteiger partial charge is 0.345 e. The second-order valence-corrected chi connectivity index (χ2v) is 8.24. The number of rotatable bonds is 9. The van der Waals surface area contributed by atoms with Gasteiger partial charge in [0.25, 0.3) is 0 Å². The highest BCUT2D eigenvalue weighted by Crippen LogP contribution is 2.18. The first-order valence-electron chi connectivity index (χ1n) is 11.0. The molecule has 1 aromatic heterocycles. The van der Waals surface area contributed by atoms with Crippen molar-refractivity contribution in [3.8, 4) is 0 Å². The van der Waals surface area contributed by atoms with Crippen LogP contribution in [0.2, 0.25) is 0 Å². The third-order valence-corrected chi connectivity index (χ3v) is 5.42. The molecule has 0 fully saturated rings. The molecule has 5 heteroatoms. The number of benzene rings is 2. The van der Waals surface area contributed by atoms with Crippen LogP contribution in [0.5, 0.6) is 0 Å². The Kier molecular flexibility index (Phi) is 7.88. The van der Waals surface area contributed by atoms with Gasteiger partial charge >= 0.3 is 6.03 Å². The number of carbonyl (C=O) groups excluding carboxylic acids is 1. The lowest BCUT2D eigenvalue weighted by atomic mass is 10.0. The van der Waals surface area contributed by atoms with Crippen molar-refractivity contribution in [3.63, 3.8) is 0 Å². The van der Waals surface area contributed by atoms with Crippen molar-refractivity contribution in [1.29, 1.82) is 0 Å². The maximum absolute atomic E-state index is 13.6. The summed E-state index contributed by atoms with van der Waals surface area (Å²) in [6.45, 7) is 8.17. The number of halogens is 1. The Morgan fingerprint density at radius 2 is 1.87 bits per heavy atom. The van der Waals surface area contributed by atoms with E-state index >= 15 is 0 Å². The lowest BCUT2D eigenvalue weighted by Crippen LogP contribution is -2.36. The molecule has 0 aliphatic carbocycles. The van der Waals surface area contributed by atoms with Crippen LogP contribution in [0, 0.1) is 5.82 Å². The van der Waals surface area contributed by atoms with Gasteiger partial charge in [0.05, 0.1) is 6.54 Å². The fraction of sp³-hybridized carbons (Fsp3) is 0.346. The van der Waals surface area contributed by atoms with Crippen LogP contribution in [0.4, 0.5) is 14.9 Å². The average Bonchev–Trinajstić information content (AvgIpc) is 3.18. The summed E-state index contributed by atoms with van der Waals surface area (Å²) in [7, 11) is 0. The number of nitrogens with one attached hydrogen (secondary N) is 1. The number of aromatic nitrogens is 1. The molecule has 1 N–H and O–H groups in total. The minimum absolute atomic E-state index is 0.107. The summed E-state index contributed by atoms with van der Waals surface area (Å²) in [5.74, 6) is 0.218. The molecule has 0 radical (unpaired) electrons. The van der Waals surface area contributed by atoms with Gasteiger partial charge in [0.15, 0.2) is 0 Å². The number of hydrogen-bond donors (Lipinski definition) is 1. The summed E-state index contributed by atoms with van der Waals surface area (Å²) in [4.78, 5) is 14.9. The van der Waals surface area contributed by atoms with Gasteiger partial charge in [0.1, 0.15) is 5.82 Å². The van der Waals surface area contributed by atoms with E-state index in [1.807, 2.05) is 41.4 Å². The molecule has 2 amide bonds. The topological polar surface area (TPSA) is 37.3 Å². The molecule has 0 bridgehead atoms. The second kappa shape index (κ2) is 10.8. The third-order valence-electron chi connectivity index (χ3n) is 5.42. The van der Waals surface area contributed by atoms with Crippen molar-refractivity contribution in [3.05, 3.63) is 89.5 Å². The van der Waals surface area contributed by atoms with E-state index in [1.165, 1.54) is 11.6 Å². The van der Waals surface area contributed by atoms with Gasteiger partial charge in [-0.15, -0.1) is 0 Å². The maximum atomic E-state index is 13.6. The summed E-state index contributed by atoms with van der Waals surface area (Å²) >= 11 is 0. The number of anilines is 1. The molecule has 31 heavy (non-hydrogen) atoms. The van der Waals surface area contributed by atoms with Gasteiger partial charge in [0, 0.05) is 30.7 Å². The number of nitrogens with zero attached hydrogens (tertiary/aromatic N) is 2. The molecule has 2 aromatic carbocycles. The summed E-state index contributed by atoms with van der Waals surface area (Å²) in [6, 6.07) is 18.5. The Balaban J connectivity index is 1.71. The predicted molar refractivity (Wildman–Crippen MR) is 125 cm³/mol. The smallest absolute Gasteiger partial charge is 0.322 e. The Labute approximate surface area is 184 Å². The van der Waals surface area contributed by atoms with E-state index in [9.17, 15) is 9.18 Å². The van der Waals surface area contributed by atoms with Gasteiger partial charge in [-0.3, -0.25) is 0 Å². The van der Waals surface area contributed by atoms with Crippen LogP contribution in [0.25, 0.3) is 0 Å². The zero-order chi connectivity index (χ0) is 22.2. The molecule has 4 nitrogen and oxygen atoms in total. The van der Waals surface area contributed by atoms with Crippen LogP contribution in [0.3, 0.4) is 0 Å². The molecular formula is C26H32FN3O. The number of hydrogen-bond acceptors (Lipinski definition) is 1. The zero-order valence-corrected chi connectivity index (χ0v) is 18.6. The monoisotopic (exact) mass is 421 g/mol. The highest BCUT2D eigenvalue weighted by Gasteiger charge is 2.16. The Morgan fingerprint density at radius 3 is 2.55 bits per heavy atom. The minimum Gasteiger partial charge on any atom is -0.345 e. The van der Waals surface area contributed by atoms with Crippen molar-refractivity contribution in [2.45, 2.75) is 52.6 Å². The number of amides is 2. The molecule has 0 saturated carbocycles. The fourth-order valence-electron chi connectivity index (χ4n) is 3.53. The van der Waals surface area contributed by atoms with Gasteiger partial charge in [-0.1, -0.05) is 51.5 Å². The van der Waals surface area contributed by atoms with Gasteiger partial charge in [-0.05, 0) is 59.9 Å². The average molecular weight is 422 g/mol. The van der Waals surface area contributed by atoms with E-state index < -0.39 is 0 Å². The second-order valence-electron chi connectivity index (χ2n) is 8.24. The van der Waals surface area contributed by atoms with Crippen LogP contribution < -0.4 is 5.32 Å².